The van der Waals surface area contributed by atoms with Crippen molar-refractivity contribution in [3.63, 3.8) is 0 Å². The molecule has 3 N–H and O–H groups in total. The van der Waals surface area contributed by atoms with E-state index in [4.69, 9.17) is 0 Å². The second kappa shape index (κ2) is 4.66. The van der Waals surface area contributed by atoms with Gasteiger partial charge < -0.3 is 20.4 Å². The molecule has 2 aromatic carbocycles. The van der Waals surface area contributed by atoms with Crippen molar-refractivity contribution in [1.82, 2.24) is 4.90 Å². The van der Waals surface area contributed by atoms with Crippen LogP contribution in [0.2, 0.25) is 0 Å². The van der Waals surface area contributed by atoms with Gasteiger partial charge in [-0.2, -0.15) is 0 Å². The van der Waals surface area contributed by atoms with Gasteiger partial charge in [0.15, 0.2) is 11.5 Å². The Balaban J connectivity index is 1.84. The molecular weight excluding hydrogens is 280 g/mol. The number of aromatic hydroxyl groups is 2. The molecule has 0 unspecified atom stereocenters. The van der Waals surface area contributed by atoms with Crippen LogP contribution in [0.4, 0.5) is 5.69 Å². The molecule has 5 heteroatoms. The molecule has 1 atom stereocenters. The first kappa shape index (κ1) is 13.0. The van der Waals surface area contributed by atoms with Crippen LogP contribution in [-0.2, 0) is 0 Å². The molecule has 1 fully saturated rings. The number of amides is 1. The number of carbonyl (C=O) groups is 1. The molecule has 0 aromatic heterocycles. The Hall–Kier alpha value is -2.69. The van der Waals surface area contributed by atoms with Crippen LogP contribution >= 0.6 is 0 Å². The molecule has 2 aliphatic rings. The monoisotopic (exact) mass is 296 g/mol. The average molecular weight is 296 g/mol. The smallest absolute Gasteiger partial charge is 0.258 e. The zero-order valence-corrected chi connectivity index (χ0v) is 11.9. The van der Waals surface area contributed by atoms with Gasteiger partial charge in [0.1, 0.15) is 6.17 Å². The van der Waals surface area contributed by atoms with Crippen molar-refractivity contribution in [3.05, 3.63) is 53.6 Å². The summed E-state index contributed by atoms with van der Waals surface area (Å²) in [4.78, 5) is 14.6. The zero-order valence-electron chi connectivity index (χ0n) is 11.9. The predicted octanol–water partition coefficient (Wildman–Crippen LogP) is 2.83. The molecule has 112 valence electrons. The van der Waals surface area contributed by atoms with Crippen molar-refractivity contribution in [2.75, 3.05) is 5.32 Å². The number of fused-ring (bicyclic) bond motifs is 1. The van der Waals surface area contributed by atoms with E-state index in [0.29, 0.717) is 11.1 Å². The number of hydrogen-bond donors (Lipinski definition) is 3. The molecule has 5 nitrogen and oxygen atoms in total. The zero-order chi connectivity index (χ0) is 15.3. The molecule has 0 saturated heterocycles. The second-order valence-corrected chi connectivity index (χ2v) is 5.75. The van der Waals surface area contributed by atoms with Crippen LogP contribution in [0.3, 0.4) is 0 Å². The van der Waals surface area contributed by atoms with Gasteiger partial charge in [-0.05, 0) is 31.0 Å². The van der Waals surface area contributed by atoms with E-state index in [2.05, 4.69) is 5.32 Å². The minimum atomic E-state index is -0.470. The van der Waals surface area contributed by atoms with Crippen molar-refractivity contribution >= 4 is 11.6 Å². The third-order valence-corrected chi connectivity index (χ3v) is 4.24. The Labute approximate surface area is 127 Å². The number of rotatable bonds is 2. The van der Waals surface area contributed by atoms with Gasteiger partial charge in [-0.25, -0.2) is 0 Å². The molecule has 22 heavy (non-hydrogen) atoms. The minimum absolute atomic E-state index is 0.0374. The topological polar surface area (TPSA) is 72.8 Å². The van der Waals surface area contributed by atoms with E-state index < -0.39 is 6.17 Å². The molecule has 1 amide bonds. The third-order valence-electron chi connectivity index (χ3n) is 4.24. The fourth-order valence-corrected chi connectivity index (χ4v) is 2.99. The predicted molar refractivity (Wildman–Crippen MR) is 81.8 cm³/mol. The number of benzene rings is 2. The van der Waals surface area contributed by atoms with Crippen molar-refractivity contribution in [3.8, 4) is 11.5 Å². The molecule has 4 rings (SSSR count). The Morgan fingerprint density at radius 3 is 2.59 bits per heavy atom. The summed E-state index contributed by atoms with van der Waals surface area (Å²) < 4.78 is 0. The van der Waals surface area contributed by atoms with Crippen LogP contribution in [0.25, 0.3) is 0 Å². The van der Waals surface area contributed by atoms with Crippen LogP contribution in [0.5, 0.6) is 11.5 Å². The van der Waals surface area contributed by atoms with Crippen molar-refractivity contribution in [2.24, 2.45) is 0 Å². The third kappa shape index (κ3) is 1.89. The van der Waals surface area contributed by atoms with Gasteiger partial charge in [0.25, 0.3) is 5.91 Å². The van der Waals surface area contributed by atoms with Crippen LogP contribution in [0.15, 0.2) is 42.5 Å². The van der Waals surface area contributed by atoms with E-state index in [-0.39, 0.29) is 23.4 Å². The minimum Gasteiger partial charge on any atom is -0.504 e. The number of phenols is 2. The highest BCUT2D eigenvalue weighted by atomic mass is 16.3. The highest BCUT2D eigenvalue weighted by molar-refractivity contribution is 6.02. The van der Waals surface area contributed by atoms with Gasteiger partial charge in [0, 0.05) is 17.3 Å². The Bertz CT molecular complexity index is 755. The van der Waals surface area contributed by atoms with Gasteiger partial charge in [-0.15, -0.1) is 0 Å². The van der Waals surface area contributed by atoms with Gasteiger partial charge in [-0.3, -0.25) is 4.79 Å². The van der Waals surface area contributed by atoms with Crippen LogP contribution in [0, 0.1) is 0 Å². The van der Waals surface area contributed by atoms with Crippen LogP contribution in [-0.4, -0.2) is 27.1 Å². The molecule has 0 radical (unpaired) electrons. The van der Waals surface area contributed by atoms with Crippen molar-refractivity contribution in [1.29, 1.82) is 0 Å². The average Bonchev–Trinajstić information content (AvgIpc) is 3.35. The summed E-state index contributed by atoms with van der Waals surface area (Å²) in [7, 11) is 0. The molecule has 0 bridgehead atoms. The number of nitrogens with zero attached hydrogens (tertiary/aromatic N) is 1. The first-order valence-corrected chi connectivity index (χ1v) is 7.36. The SMILES string of the molecule is O=C1c2ccccc2N[C@H](c2cccc(O)c2O)N1C1CC1. The normalized spacial score (nSPS) is 20.5. The molecule has 2 aromatic rings. The van der Waals surface area contributed by atoms with E-state index in [1.165, 1.54) is 6.07 Å². The van der Waals surface area contributed by atoms with Gasteiger partial charge in [-0.1, -0.05) is 24.3 Å². The lowest BCUT2D eigenvalue weighted by Gasteiger charge is -2.38. The summed E-state index contributed by atoms with van der Waals surface area (Å²) in [6.07, 6.45) is 1.46. The lowest BCUT2D eigenvalue weighted by molar-refractivity contribution is 0.0664. The molecule has 1 aliphatic carbocycles. The van der Waals surface area contributed by atoms with E-state index in [1.54, 1.807) is 23.1 Å². The fraction of sp³-hybridized carbons (Fsp3) is 0.235. The first-order valence-electron chi connectivity index (χ1n) is 7.36. The van der Waals surface area contributed by atoms with Crippen LogP contribution in [0.1, 0.15) is 34.9 Å². The summed E-state index contributed by atoms with van der Waals surface area (Å²) in [6.45, 7) is 0. The van der Waals surface area contributed by atoms with E-state index in [1.807, 2.05) is 18.2 Å². The molecule has 1 heterocycles. The quantitative estimate of drug-likeness (QED) is 0.745. The lowest BCUT2D eigenvalue weighted by atomic mass is 10.0. The second-order valence-electron chi connectivity index (χ2n) is 5.75. The highest BCUT2D eigenvalue weighted by Crippen LogP contribution is 2.44. The Morgan fingerprint density at radius 2 is 1.82 bits per heavy atom. The van der Waals surface area contributed by atoms with Gasteiger partial charge in [0.05, 0.1) is 5.56 Å². The van der Waals surface area contributed by atoms with E-state index in [0.717, 1.165) is 18.5 Å². The molecule has 0 spiro atoms. The largest absolute Gasteiger partial charge is 0.504 e. The summed E-state index contributed by atoms with van der Waals surface area (Å²) in [6, 6.07) is 12.4. The maximum atomic E-state index is 12.8. The van der Waals surface area contributed by atoms with E-state index >= 15 is 0 Å². The highest BCUT2D eigenvalue weighted by Gasteiger charge is 2.42. The summed E-state index contributed by atoms with van der Waals surface area (Å²) in [5, 5.41) is 23.2. The molecule has 1 saturated carbocycles. The number of anilines is 1. The maximum absolute atomic E-state index is 12.8. The number of para-hydroxylation sites is 2. The summed E-state index contributed by atoms with van der Waals surface area (Å²) in [5.74, 6) is -0.399. The fourth-order valence-electron chi connectivity index (χ4n) is 2.99. The molecule has 1 aliphatic heterocycles. The van der Waals surface area contributed by atoms with Crippen molar-refractivity contribution in [2.45, 2.75) is 25.0 Å². The molecular formula is C17H16N2O3. The number of hydrogen-bond acceptors (Lipinski definition) is 4. The first-order chi connectivity index (χ1) is 10.7. The summed E-state index contributed by atoms with van der Waals surface area (Å²) >= 11 is 0. The van der Waals surface area contributed by atoms with E-state index in [9.17, 15) is 15.0 Å². The number of nitrogens with one attached hydrogen (secondary N) is 1. The standard InChI is InChI=1S/C17H16N2O3/c20-14-7-3-5-12(15(14)21)16-18-13-6-2-1-4-11(13)17(22)19(16)10-8-9-10/h1-7,10,16,18,20-21H,8-9H2/t16-/m0/s1. The number of phenolic OH excluding ortho intramolecular Hbond substituents is 2. The van der Waals surface area contributed by atoms with Crippen LogP contribution < -0.4 is 5.32 Å². The number of carbonyl (C=O) groups excluding carboxylic acids is 1. The van der Waals surface area contributed by atoms with Crippen molar-refractivity contribution < 1.29 is 15.0 Å². The van der Waals surface area contributed by atoms with Gasteiger partial charge in [0.2, 0.25) is 0 Å². The maximum Gasteiger partial charge on any atom is 0.258 e. The summed E-state index contributed by atoms with van der Waals surface area (Å²) in [5.41, 5.74) is 1.90. The lowest BCUT2D eigenvalue weighted by Crippen LogP contribution is -2.44. The van der Waals surface area contributed by atoms with Gasteiger partial charge >= 0.3 is 0 Å². The Kier molecular flexibility index (Phi) is 2.76. The Morgan fingerprint density at radius 1 is 1.05 bits per heavy atom.